The summed E-state index contributed by atoms with van der Waals surface area (Å²) in [5.74, 6) is 1.43. The number of aromatic nitrogens is 3. The number of nitrogens with zero attached hydrogens (tertiary/aromatic N) is 2. The standard InChI is InChI=1S/C11H12N4O2/c1-7(16)8-2-4-9(5-3-8)17-6-10-13-11(12)15-14-10/h2-5H,6H2,1H3,(H3,12,13,14,15). The quantitative estimate of drug-likeness (QED) is 0.771. The molecule has 0 saturated carbocycles. The molecule has 0 aliphatic heterocycles. The third kappa shape index (κ3) is 2.81. The van der Waals surface area contributed by atoms with Crippen molar-refractivity contribution in [2.45, 2.75) is 13.5 Å². The number of benzene rings is 1. The van der Waals surface area contributed by atoms with Gasteiger partial charge in [0.1, 0.15) is 12.4 Å². The first-order valence-electron chi connectivity index (χ1n) is 5.05. The minimum absolute atomic E-state index is 0.0274. The summed E-state index contributed by atoms with van der Waals surface area (Å²) in [5, 5.41) is 6.32. The molecule has 6 heteroatoms. The molecule has 0 amide bonds. The molecule has 1 aromatic carbocycles. The van der Waals surface area contributed by atoms with Gasteiger partial charge < -0.3 is 10.5 Å². The van der Waals surface area contributed by atoms with Crippen LogP contribution in [-0.2, 0) is 6.61 Å². The molecule has 3 N–H and O–H groups in total. The van der Waals surface area contributed by atoms with Crippen LogP contribution in [0, 0.1) is 0 Å². The molecular weight excluding hydrogens is 220 g/mol. The van der Waals surface area contributed by atoms with Gasteiger partial charge in [0.2, 0.25) is 5.95 Å². The summed E-state index contributed by atoms with van der Waals surface area (Å²) in [7, 11) is 0. The molecule has 0 unspecified atom stereocenters. The molecule has 2 rings (SSSR count). The van der Waals surface area contributed by atoms with Crippen LogP contribution in [0.1, 0.15) is 23.1 Å². The molecule has 2 aromatic rings. The Bertz CT molecular complexity index is 519. The Balaban J connectivity index is 1.97. The second-order valence-electron chi connectivity index (χ2n) is 3.51. The molecule has 1 heterocycles. The lowest BCUT2D eigenvalue weighted by atomic mass is 10.1. The molecule has 6 nitrogen and oxygen atoms in total. The van der Waals surface area contributed by atoms with Gasteiger partial charge in [0.05, 0.1) is 0 Å². The third-order valence-electron chi connectivity index (χ3n) is 2.19. The van der Waals surface area contributed by atoms with E-state index in [0.29, 0.717) is 17.1 Å². The van der Waals surface area contributed by atoms with Crippen LogP contribution >= 0.6 is 0 Å². The lowest BCUT2D eigenvalue weighted by molar-refractivity contribution is 0.101. The number of carbonyl (C=O) groups excluding carboxylic acids is 1. The molecule has 0 aliphatic carbocycles. The first-order chi connectivity index (χ1) is 8.15. The number of nitrogens with two attached hydrogens (primary N) is 1. The SMILES string of the molecule is CC(=O)c1ccc(OCc2nc(N)n[nH]2)cc1. The Kier molecular flexibility index (Phi) is 3.04. The lowest BCUT2D eigenvalue weighted by Gasteiger charge is -2.04. The maximum atomic E-state index is 11.1. The first kappa shape index (κ1) is 11.1. The summed E-state index contributed by atoms with van der Waals surface area (Å²) in [6.07, 6.45) is 0. The summed E-state index contributed by atoms with van der Waals surface area (Å²) in [6.45, 7) is 1.77. The van der Waals surface area contributed by atoms with Crippen LogP contribution < -0.4 is 10.5 Å². The van der Waals surface area contributed by atoms with E-state index in [2.05, 4.69) is 15.2 Å². The van der Waals surface area contributed by atoms with Gasteiger partial charge in [0, 0.05) is 5.56 Å². The van der Waals surface area contributed by atoms with E-state index in [-0.39, 0.29) is 18.3 Å². The average Bonchev–Trinajstić information content (AvgIpc) is 2.73. The van der Waals surface area contributed by atoms with Crippen molar-refractivity contribution in [2.75, 3.05) is 5.73 Å². The van der Waals surface area contributed by atoms with Gasteiger partial charge in [-0.3, -0.25) is 9.89 Å². The van der Waals surface area contributed by atoms with Crippen LogP contribution in [0.15, 0.2) is 24.3 Å². The van der Waals surface area contributed by atoms with Crippen LogP contribution in [0.25, 0.3) is 0 Å². The zero-order chi connectivity index (χ0) is 12.3. The van der Waals surface area contributed by atoms with E-state index in [4.69, 9.17) is 10.5 Å². The first-order valence-corrected chi connectivity index (χ1v) is 5.05. The number of nitrogen functional groups attached to an aromatic ring is 1. The number of anilines is 1. The zero-order valence-electron chi connectivity index (χ0n) is 9.30. The Hall–Kier alpha value is -2.37. The molecule has 0 spiro atoms. The predicted octanol–water partition coefficient (Wildman–Crippen LogP) is 1.17. The van der Waals surface area contributed by atoms with Crippen LogP contribution in [0.3, 0.4) is 0 Å². The molecule has 0 fully saturated rings. The van der Waals surface area contributed by atoms with Gasteiger partial charge in [0.15, 0.2) is 11.6 Å². The smallest absolute Gasteiger partial charge is 0.239 e. The predicted molar refractivity (Wildman–Crippen MR) is 61.6 cm³/mol. The highest BCUT2D eigenvalue weighted by Gasteiger charge is 2.02. The summed E-state index contributed by atoms with van der Waals surface area (Å²) in [5.41, 5.74) is 6.01. The Morgan fingerprint density at radius 3 is 2.65 bits per heavy atom. The van der Waals surface area contributed by atoms with Crippen molar-refractivity contribution >= 4 is 11.7 Å². The highest BCUT2D eigenvalue weighted by atomic mass is 16.5. The summed E-state index contributed by atoms with van der Waals surface area (Å²) < 4.78 is 5.44. The average molecular weight is 232 g/mol. The topological polar surface area (TPSA) is 93.9 Å². The van der Waals surface area contributed by atoms with Crippen molar-refractivity contribution in [3.05, 3.63) is 35.7 Å². The van der Waals surface area contributed by atoms with Crippen molar-refractivity contribution < 1.29 is 9.53 Å². The molecule has 0 atom stereocenters. The van der Waals surface area contributed by atoms with Crippen LogP contribution in [-0.4, -0.2) is 21.0 Å². The maximum Gasteiger partial charge on any atom is 0.239 e. The third-order valence-corrected chi connectivity index (χ3v) is 2.19. The highest BCUT2D eigenvalue weighted by Crippen LogP contribution is 2.13. The summed E-state index contributed by atoms with van der Waals surface area (Å²) >= 11 is 0. The number of carbonyl (C=O) groups is 1. The number of Topliss-reactive ketones (excluding diaryl/α,β-unsaturated/α-hetero) is 1. The van der Waals surface area contributed by atoms with Crippen LogP contribution in [0.4, 0.5) is 5.95 Å². The van der Waals surface area contributed by atoms with Crippen LogP contribution in [0.5, 0.6) is 5.75 Å². The number of H-pyrrole nitrogens is 1. The van der Waals surface area contributed by atoms with Gasteiger partial charge in [-0.25, -0.2) is 0 Å². The normalized spacial score (nSPS) is 10.2. The Morgan fingerprint density at radius 2 is 2.12 bits per heavy atom. The van der Waals surface area contributed by atoms with Crippen molar-refractivity contribution in [1.29, 1.82) is 0 Å². The van der Waals surface area contributed by atoms with Gasteiger partial charge in [-0.05, 0) is 31.2 Å². The summed E-state index contributed by atoms with van der Waals surface area (Å²) in [4.78, 5) is 15.0. The van der Waals surface area contributed by atoms with E-state index in [1.165, 1.54) is 6.92 Å². The number of ether oxygens (including phenoxy) is 1. The number of rotatable bonds is 4. The second-order valence-corrected chi connectivity index (χ2v) is 3.51. The monoisotopic (exact) mass is 232 g/mol. The van der Waals surface area contributed by atoms with E-state index in [9.17, 15) is 4.79 Å². The van der Waals surface area contributed by atoms with Gasteiger partial charge in [-0.15, -0.1) is 5.10 Å². The maximum absolute atomic E-state index is 11.1. The van der Waals surface area contributed by atoms with Gasteiger partial charge in [-0.1, -0.05) is 0 Å². The second kappa shape index (κ2) is 4.65. The molecule has 0 radical (unpaired) electrons. The highest BCUT2D eigenvalue weighted by molar-refractivity contribution is 5.94. The van der Waals surface area contributed by atoms with E-state index in [1.54, 1.807) is 24.3 Å². The molecule has 0 aliphatic rings. The number of aromatic amines is 1. The van der Waals surface area contributed by atoms with Crippen molar-refractivity contribution in [3.63, 3.8) is 0 Å². The van der Waals surface area contributed by atoms with E-state index >= 15 is 0 Å². The largest absolute Gasteiger partial charge is 0.486 e. The molecule has 0 bridgehead atoms. The Labute approximate surface area is 97.8 Å². The van der Waals surface area contributed by atoms with Crippen molar-refractivity contribution in [2.24, 2.45) is 0 Å². The summed E-state index contributed by atoms with van der Waals surface area (Å²) in [6, 6.07) is 6.89. The van der Waals surface area contributed by atoms with Gasteiger partial charge in [0.25, 0.3) is 0 Å². The van der Waals surface area contributed by atoms with Crippen molar-refractivity contribution in [3.8, 4) is 5.75 Å². The molecule has 0 saturated heterocycles. The molecule has 17 heavy (non-hydrogen) atoms. The minimum Gasteiger partial charge on any atom is -0.486 e. The number of hydrogen-bond acceptors (Lipinski definition) is 5. The number of nitrogens with one attached hydrogen (secondary N) is 1. The fraction of sp³-hybridized carbons (Fsp3) is 0.182. The van der Waals surface area contributed by atoms with Gasteiger partial charge in [-0.2, -0.15) is 4.98 Å². The Morgan fingerprint density at radius 1 is 1.41 bits per heavy atom. The zero-order valence-corrected chi connectivity index (χ0v) is 9.30. The fourth-order valence-corrected chi connectivity index (χ4v) is 1.31. The van der Waals surface area contributed by atoms with E-state index in [1.807, 2.05) is 0 Å². The lowest BCUT2D eigenvalue weighted by Crippen LogP contribution is -1.98. The van der Waals surface area contributed by atoms with E-state index < -0.39 is 0 Å². The van der Waals surface area contributed by atoms with Crippen LogP contribution in [0.2, 0.25) is 0 Å². The molecule has 88 valence electrons. The number of ketones is 1. The van der Waals surface area contributed by atoms with Crippen molar-refractivity contribution in [1.82, 2.24) is 15.2 Å². The fourth-order valence-electron chi connectivity index (χ4n) is 1.31. The minimum atomic E-state index is 0.0274. The molecule has 1 aromatic heterocycles. The number of hydrogen-bond donors (Lipinski definition) is 2. The van der Waals surface area contributed by atoms with E-state index in [0.717, 1.165) is 0 Å². The van der Waals surface area contributed by atoms with Gasteiger partial charge >= 0.3 is 0 Å². The molecular formula is C11H12N4O2.